The van der Waals surface area contributed by atoms with Gasteiger partial charge in [-0.1, -0.05) is 43.1 Å². The molecule has 0 radical (unpaired) electrons. The molecule has 2 aromatic rings. The summed E-state index contributed by atoms with van der Waals surface area (Å²) in [5.74, 6) is 0.433. The minimum Gasteiger partial charge on any atom is -0.261 e. The summed E-state index contributed by atoms with van der Waals surface area (Å²) >= 11 is 11.9. The topological polar surface area (TPSA) is 74.7 Å². The molecule has 0 aliphatic heterocycles. The number of halogens is 2. The van der Waals surface area contributed by atoms with E-state index in [4.69, 9.17) is 23.2 Å². The molecule has 0 spiro atoms. The van der Waals surface area contributed by atoms with Crippen molar-refractivity contribution in [2.24, 2.45) is 5.10 Å². The number of hydrazone groups is 1. The van der Waals surface area contributed by atoms with Crippen LogP contribution in [0.3, 0.4) is 0 Å². The molecule has 0 saturated heterocycles. The quantitative estimate of drug-likeness (QED) is 0.542. The van der Waals surface area contributed by atoms with Gasteiger partial charge in [0.15, 0.2) is 0 Å². The van der Waals surface area contributed by atoms with Crippen LogP contribution in [0.25, 0.3) is 0 Å². The number of hydrogen-bond acceptors (Lipinski definition) is 5. The summed E-state index contributed by atoms with van der Waals surface area (Å²) in [5.41, 5.74) is 4.30. The van der Waals surface area contributed by atoms with Gasteiger partial charge < -0.3 is 0 Å². The molecular weight excluding hydrogens is 395 g/mol. The predicted molar refractivity (Wildman–Crippen MR) is 107 cm³/mol. The van der Waals surface area contributed by atoms with E-state index in [0.29, 0.717) is 34.7 Å². The Balaban J connectivity index is 2.15. The summed E-state index contributed by atoms with van der Waals surface area (Å²) in [7, 11) is -3.52. The van der Waals surface area contributed by atoms with Crippen LogP contribution in [0.15, 0.2) is 46.5 Å². The van der Waals surface area contributed by atoms with E-state index in [2.05, 4.69) is 15.5 Å². The van der Waals surface area contributed by atoms with Gasteiger partial charge in [-0.05, 0) is 36.8 Å². The first-order valence-corrected chi connectivity index (χ1v) is 10.2. The van der Waals surface area contributed by atoms with E-state index >= 15 is 0 Å². The lowest BCUT2D eigenvalue weighted by Crippen LogP contribution is -2.30. The Labute approximate surface area is 163 Å². The van der Waals surface area contributed by atoms with Crippen molar-refractivity contribution in [2.45, 2.75) is 25.7 Å². The molecule has 0 bridgehead atoms. The SMILES string of the molecule is CCN(CC)S(=O)(=O)c1ccc(NN=C(C)c2ccc(Cl)c(Cl)c2)nc1. The average molecular weight is 415 g/mol. The van der Waals surface area contributed by atoms with E-state index in [1.165, 1.54) is 16.6 Å². The number of nitrogens with zero attached hydrogens (tertiary/aromatic N) is 3. The van der Waals surface area contributed by atoms with Gasteiger partial charge in [-0.25, -0.2) is 13.4 Å². The Morgan fingerprint density at radius 3 is 2.38 bits per heavy atom. The second-order valence-corrected chi connectivity index (χ2v) is 8.16. The summed E-state index contributed by atoms with van der Waals surface area (Å²) in [4.78, 5) is 4.27. The number of pyridine rings is 1. The van der Waals surface area contributed by atoms with Crippen LogP contribution in [-0.2, 0) is 10.0 Å². The highest BCUT2D eigenvalue weighted by Gasteiger charge is 2.21. The van der Waals surface area contributed by atoms with Gasteiger partial charge in [0.2, 0.25) is 10.0 Å². The first kappa shape index (κ1) is 20.6. The number of nitrogens with one attached hydrogen (secondary N) is 1. The Morgan fingerprint density at radius 2 is 1.85 bits per heavy atom. The minimum absolute atomic E-state index is 0.150. The molecule has 0 atom stereocenters. The predicted octanol–water partition coefficient (Wildman–Crippen LogP) is 4.26. The van der Waals surface area contributed by atoms with Crippen molar-refractivity contribution in [3.05, 3.63) is 52.1 Å². The molecule has 1 heterocycles. The zero-order valence-corrected chi connectivity index (χ0v) is 17.0. The zero-order valence-electron chi connectivity index (χ0n) is 14.7. The third-order valence-corrected chi connectivity index (χ3v) is 6.53. The lowest BCUT2D eigenvalue weighted by molar-refractivity contribution is 0.445. The fraction of sp³-hybridized carbons (Fsp3) is 0.294. The van der Waals surface area contributed by atoms with E-state index in [1.807, 2.05) is 13.0 Å². The molecule has 9 heteroatoms. The van der Waals surface area contributed by atoms with Crippen molar-refractivity contribution in [3.63, 3.8) is 0 Å². The van der Waals surface area contributed by atoms with E-state index in [9.17, 15) is 8.42 Å². The first-order valence-electron chi connectivity index (χ1n) is 8.01. The molecule has 0 amide bonds. The first-order chi connectivity index (χ1) is 12.3. The van der Waals surface area contributed by atoms with Crippen molar-refractivity contribution < 1.29 is 8.42 Å². The standard InChI is InChI=1S/C17H20Cl2N4O2S/c1-4-23(5-2)26(24,25)14-7-9-17(20-11-14)22-21-12(3)13-6-8-15(18)16(19)10-13/h6-11H,4-5H2,1-3H3,(H,20,22). The summed E-state index contributed by atoms with van der Waals surface area (Å²) in [6.45, 7) is 6.22. The fourth-order valence-corrected chi connectivity index (χ4v) is 3.94. The molecule has 1 aromatic carbocycles. The molecule has 1 N–H and O–H groups in total. The molecule has 26 heavy (non-hydrogen) atoms. The number of hydrogen-bond donors (Lipinski definition) is 1. The lowest BCUT2D eigenvalue weighted by atomic mass is 10.1. The van der Waals surface area contributed by atoms with Crippen LogP contribution in [0, 0.1) is 0 Å². The fourth-order valence-electron chi connectivity index (χ4n) is 2.24. The molecule has 140 valence electrons. The van der Waals surface area contributed by atoms with Gasteiger partial charge in [0.1, 0.15) is 10.7 Å². The maximum Gasteiger partial charge on any atom is 0.244 e. The molecule has 2 rings (SSSR count). The van der Waals surface area contributed by atoms with Gasteiger partial charge in [0, 0.05) is 19.3 Å². The van der Waals surface area contributed by atoms with Crippen LogP contribution in [0.4, 0.5) is 5.82 Å². The Bertz CT molecular complexity index is 895. The summed E-state index contributed by atoms with van der Waals surface area (Å²) in [5, 5.41) is 5.16. The van der Waals surface area contributed by atoms with E-state index < -0.39 is 10.0 Å². The van der Waals surface area contributed by atoms with Gasteiger partial charge in [0.05, 0.1) is 15.8 Å². The van der Waals surface area contributed by atoms with Gasteiger partial charge in [-0.2, -0.15) is 9.41 Å². The summed E-state index contributed by atoms with van der Waals surface area (Å²) in [6.07, 6.45) is 1.32. The van der Waals surface area contributed by atoms with Crippen LogP contribution in [0.2, 0.25) is 10.0 Å². The van der Waals surface area contributed by atoms with Crippen LogP contribution in [-0.4, -0.2) is 36.5 Å². The molecule has 1 aromatic heterocycles. The van der Waals surface area contributed by atoms with Crippen LogP contribution >= 0.6 is 23.2 Å². The maximum absolute atomic E-state index is 12.4. The molecule has 0 aliphatic rings. The summed E-state index contributed by atoms with van der Waals surface area (Å²) in [6, 6.07) is 8.30. The highest BCUT2D eigenvalue weighted by molar-refractivity contribution is 7.89. The average Bonchev–Trinajstić information content (AvgIpc) is 2.63. The van der Waals surface area contributed by atoms with Crippen LogP contribution in [0.1, 0.15) is 26.3 Å². The number of benzene rings is 1. The van der Waals surface area contributed by atoms with Gasteiger partial charge >= 0.3 is 0 Å². The minimum atomic E-state index is -3.52. The van der Waals surface area contributed by atoms with Crippen molar-refractivity contribution in [1.29, 1.82) is 0 Å². The smallest absolute Gasteiger partial charge is 0.244 e. The van der Waals surface area contributed by atoms with Crippen LogP contribution in [0.5, 0.6) is 0 Å². The molecule has 0 unspecified atom stereocenters. The van der Waals surface area contributed by atoms with E-state index in [0.717, 1.165) is 5.56 Å². The maximum atomic E-state index is 12.4. The van der Waals surface area contributed by atoms with Gasteiger partial charge in [-0.3, -0.25) is 5.43 Å². The third kappa shape index (κ3) is 4.73. The number of rotatable bonds is 7. The number of sulfonamides is 1. The molecule has 6 nitrogen and oxygen atoms in total. The highest BCUT2D eigenvalue weighted by Crippen LogP contribution is 2.23. The number of aromatic nitrogens is 1. The largest absolute Gasteiger partial charge is 0.261 e. The second-order valence-electron chi connectivity index (χ2n) is 5.41. The second kappa shape index (κ2) is 8.81. The van der Waals surface area contributed by atoms with E-state index in [1.54, 1.807) is 32.0 Å². The molecule has 0 aliphatic carbocycles. The Kier molecular flexibility index (Phi) is 7.00. The molecular formula is C17H20Cl2N4O2S. The number of anilines is 1. The van der Waals surface area contributed by atoms with Crippen molar-refractivity contribution >= 4 is 44.8 Å². The van der Waals surface area contributed by atoms with Crippen molar-refractivity contribution in [2.75, 3.05) is 18.5 Å². The van der Waals surface area contributed by atoms with E-state index in [-0.39, 0.29) is 4.90 Å². The highest BCUT2D eigenvalue weighted by atomic mass is 35.5. The lowest BCUT2D eigenvalue weighted by Gasteiger charge is -2.18. The summed E-state index contributed by atoms with van der Waals surface area (Å²) < 4.78 is 26.2. The van der Waals surface area contributed by atoms with Gasteiger partial charge in [-0.15, -0.1) is 0 Å². The zero-order chi connectivity index (χ0) is 19.3. The normalized spacial score (nSPS) is 12.5. The van der Waals surface area contributed by atoms with Crippen LogP contribution < -0.4 is 5.43 Å². The Hall–Kier alpha value is -1.67. The monoisotopic (exact) mass is 414 g/mol. The van der Waals surface area contributed by atoms with Gasteiger partial charge in [0.25, 0.3) is 0 Å². The molecule has 0 saturated carbocycles. The van der Waals surface area contributed by atoms with Crippen molar-refractivity contribution in [3.8, 4) is 0 Å². The Morgan fingerprint density at radius 1 is 1.15 bits per heavy atom. The molecule has 0 fully saturated rings. The third-order valence-electron chi connectivity index (χ3n) is 3.76. The van der Waals surface area contributed by atoms with Crippen molar-refractivity contribution in [1.82, 2.24) is 9.29 Å².